The van der Waals surface area contributed by atoms with Gasteiger partial charge in [0.25, 0.3) is 15.9 Å². The quantitative estimate of drug-likeness (QED) is 0.490. The normalized spacial score (nSPS) is 11.2. The summed E-state index contributed by atoms with van der Waals surface area (Å²) in [4.78, 5) is 12.3. The van der Waals surface area contributed by atoms with Crippen molar-refractivity contribution in [2.45, 2.75) is 18.2 Å². The minimum absolute atomic E-state index is 0.171. The lowest BCUT2D eigenvalue weighted by atomic mass is 10.0. The highest BCUT2D eigenvalue weighted by Crippen LogP contribution is 2.25. The molecule has 0 aliphatic rings. The summed E-state index contributed by atoms with van der Waals surface area (Å²) in [7, 11) is -2.13. The first-order chi connectivity index (χ1) is 14.9. The molecular weight excluding hydrogens is 412 g/mol. The molecule has 7 heteroatoms. The van der Waals surface area contributed by atoms with Crippen LogP contribution in [0.5, 0.6) is 0 Å². The van der Waals surface area contributed by atoms with Crippen LogP contribution in [0.4, 0.5) is 5.69 Å². The van der Waals surface area contributed by atoms with Crippen molar-refractivity contribution in [1.82, 2.24) is 5.32 Å². The van der Waals surface area contributed by atoms with Gasteiger partial charge in [0.2, 0.25) is 0 Å². The van der Waals surface area contributed by atoms with Crippen LogP contribution in [0.25, 0.3) is 11.1 Å². The number of hydrogen-bond acceptors (Lipinski definition) is 4. The van der Waals surface area contributed by atoms with Gasteiger partial charge in [-0.25, -0.2) is 8.42 Å². The minimum Gasteiger partial charge on any atom is -0.385 e. The molecule has 0 aromatic heterocycles. The molecule has 3 rings (SSSR count). The molecule has 0 saturated carbocycles. The third kappa shape index (κ3) is 5.93. The summed E-state index contributed by atoms with van der Waals surface area (Å²) in [6.07, 6.45) is 0.725. The zero-order chi connectivity index (χ0) is 22.3. The van der Waals surface area contributed by atoms with Crippen molar-refractivity contribution in [3.05, 3.63) is 83.9 Å². The summed E-state index contributed by atoms with van der Waals surface area (Å²) in [6.45, 7) is 3.11. The summed E-state index contributed by atoms with van der Waals surface area (Å²) in [5.74, 6) is -0.211. The number of anilines is 1. The van der Waals surface area contributed by atoms with Crippen LogP contribution in [-0.2, 0) is 14.8 Å². The molecule has 0 bridgehead atoms. The van der Waals surface area contributed by atoms with E-state index in [0.717, 1.165) is 23.1 Å². The zero-order valence-corrected chi connectivity index (χ0v) is 18.4. The second kappa shape index (κ2) is 10.2. The molecule has 0 spiro atoms. The van der Waals surface area contributed by atoms with Crippen LogP contribution >= 0.6 is 0 Å². The number of benzene rings is 3. The second-order valence-corrected chi connectivity index (χ2v) is 8.81. The Morgan fingerprint density at radius 1 is 0.935 bits per heavy atom. The topological polar surface area (TPSA) is 84.5 Å². The van der Waals surface area contributed by atoms with Gasteiger partial charge in [0.05, 0.1) is 4.90 Å². The molecule has 162 valence electrons. The van der Waals surface area contributed by atoms with Crippen molar-refractivity contribution in [2.75, 3.05) is 25.0 Å². The molecule has 0 saturated heterocycles. The van der Waals surface area contributed by atoms with Gasteiger partial charge in [0.15, 0.2) is 0 Å². The maximum atomic E-state index is 12.7. The van der Waals surface area contributed by atoms with Crippen molar-refractivity contribution in [3.8, 4) is 11.1 Å². The molecule has 0 radical (unpaired) electrons. The predicted octanol–water partition coefficient (Wildman–Crippen LogP) is 4.23. The Balaban J connectivity index is 1.66. The van der Waals surface area contributed by atoms with Gasteiger partial charge in [0.1, 0.15) is 0 Å². The number of sulfonamides is 1. The predicted molar refractivity (Wildman–Crippen MR) is 123 cm³/mol. The van der Waals surface area contributed by atoms with E-state index in [1.54, 1.807) is 55.6 Å². The summed E-state index contributed by atoms with van der Waals surface area (Å²) in [6, 6.07) is 21.1. The van der Waals surface area contributed by atoms with E-state index in [9.17, 15) is 13.2 Å². The first-order valence-electron chi connectivity index (χ1n) is 9.97. The smallest absolute Gasteiger partial charge is 0.261 e. The molecule has 0 fully saturated rings. The third-order valence-corrected chi connectivity index (χ3v) is 6.23. The molecule has 0 unspecified atom stereocenters. The Kier molecular flexibility index (Phi) is 7.44. The van der Waals surface area contributed by atoms with Crippen molar-refractivity contribution < 1.29 is 17.9 Å². The van der Waals surface area contributed by atoms with Gasteiger partial charge in [-0.05, 0) is 66.4 Å². The maximum Gasteiger partial charge on any atom is 0.261 e. The van der Waals surface area contributed by atoms with Crippen molar-refractivity contribution in [1.29, 1.82) is 0 Å². The van der Waals surface area contributed by atoms with Gasteiger partial charge in [-0.1, -0.05) is 36.4 Å². The number of rotatable bonds is 9. The highest BCUT2D eigenvalue weighted by atomic mass is 32.2. The molecule has 31 heavy (non-hydrogen) atoms. The average molecular weight is 439 g/mol. The summed E-state index contributed by atoms with van der Waals surface area (Å²) >= 11 is 0. The highest BCUT2D eigenvalue weighted by Gasteiger charge is 2.15. The first kappa shape index (κ1) is 22.5. The molecule has 3 aromatic rings. The fourth-order valence-corrected chi connectivity index (χ4v) is 4.19. The number of amides is 1. The summed E-state index contributed by atoms with van der Waals surface area (Å²) in [5, 5.41) is 2.79. The fraction of sp³-hybridized carbons (Fsp3) is 0.208. The molecule has 2 N–H and O–H groups in total. The van der Waals surface area contributed by atoms with E-state index in [1.807, 2.05) is 31.2 Å². The standard InChI is InChI=1S/C24H26N2O4S/c1-18-6-3-4-7-23(18)19-10-14-22(15-11-19)31(28,29)26-21-12-8-20(9-13-21)24(27)25-16-5-17-30-2/h3-4,6-15,26H,5,16-17H2,1-2H3,(H,25,27). The SMILES string of the molecule is COCCCNC(=O)c1ccc(NS(=O)(=O)c2ccc(-c3ccccc3C)cc2)cc1. The number of carbonyl (C=O) groups excluding carboxylic acids is 1. The Morgan fingerprint density at radius 3 is 2.26 bits per heavy atom. The Morgan fingerprint density at radius 2 is 1.61 bits per heavy atom. The van der Waals surface area contributed by atoms with Crippen LogP contribution in [0.2, 0.25) is 0 Å². The largest absolute Gasteiger partial charge is 0.385 e. The number of methoxy groups -OCH3 is 1. The monoisotopic (exact) mass is 438 g/mol. The molecular formula is C24H26N2O4S. The number of ether oxygens (including phenoxy) is 1. The molecule has 0 atom stereocenters. The van der Waals surface area contributed by atoms with Crippen molar-refractivity contribution in [3.63, 3.8) is 0 Å². The number of nitrogens with one attached hydrogen (secondary N) is 2. The van der Waals surface area contributed by atoms with E-state index < -0.39 is 10.0 Å². The van der Waals surface area contributed by atoms with Crippen LogP contribution in [0.15, 0.2) is 77.7 Å². The zero-order valence-electron chi connectivity index (χ0n) is 17.6. The lowest BCUT2D eigenvalue weighted by molar-refractivity contribution is 0.0948. The average Bonchev–Trinajstić information content (AvgIpc) is 2.77. The number of carbonyl (C=O) groups is 1. The molecule has 1 amide bonds. The third-order valence-electron chi connectivity index (χ3n) is 4.83. The Labute approximate surface area is 183 Å². The van der Waals surface area contributed by atoms with E-state index in [1.165, 1.54) is 0 Å². The van der Waals surface area contributed by atoms with Crippen LogP contribution in [-0.4, -0.2) is 34.6 Å². The molecule has 6 nitrogen and oxygen atoms in total. The minimum atomic E-state index is -3.74. The van der Waals surface area contributed by atoms with Gasteiger partial charge in [-0.3, -0.25) is 9.52 Å². The van der Waals surface area contributed by atoms with Gasteiger partial charge in [0, 0.05) is 31.5 Å². The summed E-state index contributed by atoms with van der Waals surface area (Å²) in [5.41, 5.74) is 3.99. The van der Waals surface area contributed by atoms with E-state index >= 15 is 0 Å². The van der Waals surface area contributed by atoms with E-state index in [0.29, 0.717) is 24.4 Å². The second-order valence-electron chi connectivity index (χ2n) is 7.12. The van der Waals surface area contributed by atoms with Gasteiger partial charge in [-0.2, -0.15) is 0 Å². The maximum absolute atomic E-state index is 12.7. The van der Waals surface area contributed by atoms with Crippen LogP contribution in [0.3, 0.4) is 0 Å². The van der Waals surface area contributed by atoms with Gasteiger partial charge in [-0.15, -0.1) is 0 Å². The Hall–Kier alpha value is -3.16. The molecule has 0 aliphatic heterocycles. The molecule has 0 heterocycles. The Bertz CT molecular complexity index is 1130. The lowest BCUT2D eigenvalue weighted by Crippen LogP contribution is -2.25. The van der Waals surface area contributed by atoms with Crippen molar-refractivity contribution in [2.24, 2.45) is 0 Å². The molecule has 3 aromatic carbocycles. The van der Waals surface area contributed by atoms with E-state index in [4.69, 9.17) is 4.74 Å². The summed E-state index contributed by atoms with van der Waals surface area (Å²) < 4.78 is 33.0. The van der Waals surface area contributed by atoms with Crippen LogP contribution < -0.4 is 10.0 Å². The van der Waals surface area contributed by atoms with E-state index in [2.05, 4.69) is 10.0 Å². The first-order valence-corrected chi connectivity index (χ1v) is 11.4. The van der Waals surface area contributed by atoms with Crippen LogP contribution in [0.1, 0.15) is 22.3 Å². The van der Waals surface area contributed by atoms with Crippen molar-refractivity contribution >= 4 is 21.6 Å². The van der Waals surface area contributed by atoms with Gasteiger partial charge < -0.3 is 10.1 Å². The number of aryl methyl sites for hydroxylation is 1. The van der Waals surface area contributed by atoms with Crippen LogP contribution in [0, 0.1) is 6.92 Å². The number of hydrogen-bond donors (Lipinski definition) is 2. The van der Waals surface area contributed by atoms with E-state index in [-0.39, 0.29) is 10.8 Å². The highest BCUT2D eigenvalue weighted by molar-refractivity contribution is 7.92. The van der Waals surface area contributed by atoms with Gasteiger partial charge >= 0.3 is 0 Å². The lowest BCUT2D eigenvalue weighted by Gasteiger charge is -2.11. The fourth-order valence-electron chi connectivity index (χ4n) is 3.13. The molecule has 0 aliphatic carbocycles.